The van der Waals surface area contributed by atoms with Gasteiger partial charge in [0.2, 0.25) is 0 Å². The van der Waals surface area contributed by atoms with Crippen molar-refractivity contribution in [3.05, 3.63) is 60.8 Å². The third-order valence-corrected chi connectivity index (χ3v) is 13.2. The van der Waals surface area contributed by atoms with Crippen LogP contribution in [0.5, 0.6) is 0 Å². The van der Waals surface area contributed by atoms with Crippen LogP contribution in [0.2, 0.25) is 0 Å². The van der Waals surface area contributed by atoms with Crippen LogP contribution in [0, 0.1) is 0 Å². The van der Waals surface area contributed by atoms with Gasteiger partial charge in [-0.3, -0.25) is 4.79 Å². The molecule has 0 bridgehead atoms. The second kappa shape index (κ2) is 50.8. The molecule has 4 N–H and O–H groups in total. The van der Waals surface area contributed by atoms with Crippen LogP contribution < -0.4 is 0 Å². The van der Waals surface area contributed by atoms with Crippen molar-refractivity contribution >= 4 is 5.97 Å². The molecule has 0 radical (unpaired) electrons. The zero-order valence-corrected chi connectivity index (χ0v) is 44.6. The van der Waals surface area contributed by atoms with Crippen LogP contribution >= 0.6 is 0 Å². The Balaban J connectivity index is 2.16. The first-order valence-electron chi connectivity index (χ1n) is 28.9. The maximum absolute atomic E-state index is 12.9. The summed E-state index contributed by atoms with van der Waals surface area (Å²) < 4.78 is 23.0. The maximum atomic E-state index is 12.9. The predicted molar refractivity (Wildman–Crippen MR) is 288 cm³/mol. The van der Waals surface area contributed by atoms with E-state index in [9.17, 15) is 25.2 Å². The molecule has 1 saturated heterocycles. The zero-order chi connectivity index (χ0) is 49.9. The van der Waals surface area contributed by atoms with E-state index >= 15 is 0 Å². The number of carbonyl (C=O) groups is 1. The van der Waals surface area contributed by atoms with E-state index in [2.05, 4.69) is 74.6 Å². The van der Waals surface area contributed by atoms with Crippen molar-refractivity contribution in [1.82, 2.24) is 0 Å². The van der Waals surface area contributed by atoms with E-state index in [1.165, 1.54) is 154 Å². The molecule has 402 valence electrons. The molecule has 0 aliphatic carbocycles. The Labute approximate surface area is 424 Å². The highest BCUT2D eigenvalue weighted by Gasteiger charge is 2.44. The number of esters is 1. The van der Waals surface area contributed by atoms with Gasteiger partial charge in [0, 0.05) is 13.0 Å². The van der Waals surface area contributed by atoms with Gasteiger partial charge >= 0.3 is 5.97 Å². The number of unbranched alkanes of at least 4 members (excludes halogenated alkanes) is 29. The first kappa shape index (κ1) is 64.9. The summed E-state index contributed by atoms with van der Waals surface area (Å²) >= 11 is 0. The summed E-state index contributed by atoms with van der Waals surface area (Å²) in [4.78, 5) is 12.9. The molecule has 1 aliphatic rings. The Hall–Kier alpha value is -2.11. The van der Waals surface area contributed by atoms with Crippen molar-refractivity contribution in [3.63, 3.8) is 0 Å². The maximum Gasteiger partial charge on any atom is 0.306 e. The summed E-state index contributed by atoms with van der Waals surface area (Å²) in [5.41, 5.74) is 0. The lowest BCUT2D eigenvalue weighted by Gasteiger charge is -2.39. The molecule has 1 rings (SSSR count). The molecule has 1 heterocycles. The van der Waals surface area contributed by atoms with E-state index in [0.717, 1.165) is 77.0 Å². The van der Waals surface area contributed by atoms with Crippen molar-refractivity contribution in [3.8, 4) is 0 Å². The van der Waals surface area contributed by atoms with E-state index in [1.807, 2.05) is 0 Å². The first-order valence-corrected chi connectivity index (χ1v) is 28.9. The Morgan fingerprint density at radius 1 is 0.478 bits per heavy atom. The number of carbonyl (C=O) groups excluding carboxylic acids is 1. The number of hydrogen-bond acceptors (Lipinski definition) is 9. The fourth-order valence-corrected chi connectivity index (χ4v) is 8.76. The molecule has 1 aliphatic heterocycles. The van der Waals surface area contributed by atoms with Crippen LogP contribution in [0.4, 0.5) is 0 Å². The Morgan fingerprint density at radius 3 is 1.33 bits per heavy atom. The molecule has 0 aromatic rings. The average molecular weight is 974 g/mol. The molecule has 69 heavy (non-hydrogen) atoms. The first-order chi connectivity index (χ1) is 33.9. The Bertz CT molecular complexity index is 1240. The fourth-order valence-electron chi connectivity index (χ4n) is 8.76. The van der Waals surface area contributed by atoms with Crippen LogP contribution in [-0.4, -0.2) is 89.6 Å². The predicted octanol–water partition coefficient (Wildman–Crippen LogP) is 15.0. The summed E-state index contributed by atoms with van der Waals surface area (Å²) in [5.74, 6) is -0.322. The molecule has 0 amide bonds. The van der Waals surface area contributed by atoms with Crippen molar-refractivity contribution in [2.75, 3.05) is 26.4 Å². The highest BCUT2D eigenvalue weighted by Crippen LogP contribution is 2.23. The highest BCUT2D eigenvalue weighted by molar-refractivity contribution is 5.69. The van der Waals surface area contributed by atoms with Gasteiger partial charge in [-0.1, -0.05) is 248 Å². The summed E-state index contributed by atoms with van der Waals surface area (Å²) in [6.45, 7) is 4.47. The van der Waals surface area contributed by atoms with Gasteiger partial charge < -0.3 is 39.4 Å². The largest absolute Gasteiger partial charge is 0.457 e. The van der Waals surface area contributed by atoms with Gasteiger partial charge in [-0.2, -0.15) is 0 Å². The van der Waals surface area contributed by atoms with E-state index in [1.54, 1.807) is 0 Å². The molecule has 0 aromatic heterocycles. The lowest BCUT2D eigenvalue weighted by Crippen LogP contribution is -2.59. The van der Waals surface area contributed by atoms with Crippen molar-refractivity contribution in [2.45, 2.75) is 288 Å². The Kier molecular flexibility index (Phi) is 47.8. The van der Waals surface area contributed by atoms with Crippen molar-refractivity contribution in [2.24, 2.45) is 0 Å². The fraction of sp³-hybridized carbons (Fsp3) is 0.817. The van der Waals surface area contributed by atoms with E-state index in [4.69, 9.17) is 18.9 Å². The minimum atomic E-state index is -1.54. The molecule has 0 saturated carbocycles. The average Bonchev–Trinajstić information content (AvgIpc) is 3.35. The molecule has 6 atom stereocenters. The minimum absolute atomic E-state index is 0.118. The number of ether oxygens (including phenoxy) is 4. The number of aliphatic hydroxyl groups excluding tert-OH is 4. The SMILES string of the molecule is CC/C=C\C/C=C\C/C=C\C/C=C\C/C=C\CCCCCCCCCC(=O)OC(COCCCCCCCCCCCCCCCCCCCCCCCCC)COC1OC(CO)C(O)C(O)C1O. The van der Waals surface area contributed by atoms with Crippen molar-refractivity contribution in [1.29, 1.82) is 0 Å². The lowest BCUT2D eigenvalue weighted by molar-refractivity contribution is -0.305. The van der Waals surface area contributed by atoms with Crippen LogP contribution in [0.15, 0.2) is 60.8 Å². The summed E-state index contributed by atoms with van der Waals surface area (Å²) in [5, 5.41) is 40.4. The van der Waals surface area contributed by atoms with E-state index < -0.39 is 43.4 Å². The van der Waals surface area contributed by atoms with E-state index in [-0.39, 0.29) is 19.2 Å². The van der Waals surface area contributed by atoms with Gasteiger partial charge in [-0.05, 0) is 57.8 Å². The zero-order valence-electron chi connectivity index (χ0n) is 44.6. The van der Waals surface area contributed by atoms with Crippen LogP contribution in [0.25, 0.3) is 0 Å². The highest BCUT2D eigenvalue weighted by atomic mass is 16.7. The number of rotatable bonds is 50. The number of aliphatic hydroxyl groups is 4. The van der Waals surface area contributed by atoms with Gasteiger partial charge in [0.05, 0.1) is 19.8 Å². The second-order valence-electron chi connectivity index (χ2n) is 19.7. The second-order valence-corrected chi connectivity index (χ2v) is 19.7. The molecular weight excluding hydrogens is 865 g/mol. The summed E-state index contributed by atoms with van der Waals surface area (Å²) in [6.07, 6.45) is 59.8. The van der Waals surface area contributed by atoms with Crippen LogP contribution in [0.3, 0.4) is 0 Å². The molecule has 0 aromatic carbocycles. The smallest absolute Gasteiger partial charge is 0.306 e. The normalized spacial score (nSPS) is 19.4. The number of allylic oxidation sites excluding steroid dienone is 10. The van der Waals surface area contributed by atoms with Gasteiger partial charge in [0.15, 0.2) is 6.29 Å². The van der Waals surface area contributed by atoms with Crippen LogP contribution in [0.1, 0.15) is 251 Å². The number of hydrogen-bond donors (Lipinski definition) is 4. The summed E-state index contributed by atoms with van der Waals surface area (Å²) in [6, 6.07) is 0. The quantitative estimate of drug-likeness (QED) is 0.0267. The van der Waals surface area contributed by atoms with Gasteiger partial charge in [-0.25, -0.2) is 0 Å². The van der Waals surface area contributed by atoms with Crippen LogP contribution in [-0.2, 0) is 23.7 Å². The molecule has 0 spiro atoms. The van der Waals surface area contributed by atoms with Gasteiger partial charge in [-0.15, -0.1) is 0 Å². The van der Waals surface area contributed by atoms with Gasteiger partial charge in [0.25, 0.3) is 0 Å². The lowest BCUT2D eigenvalue weighted by atomic mass is 9.99. The molecular formula is C60H108O9. The van der Waals surface area contributed by atoms with Crippen molar-refractivity contribution < 1.29 is 44.2 Å². The van der Waals surface area contributed by atoms with E-state index in [0.29, 0.717) is 13.0 Å². The van der Waals surface area contributed by atoms with Gasteiger partial charge in [0.1, 0.15) is 30.5 Å². The molecule has 9 nitrogen and oxygen atoms in total. The topological polar surface area (TPSA) is 135 Å². The third kappa shape index (κ3) is 41.1. The molecule has 6 unspecified atom stereocenters. The summed E-state index contributed by atoms with van der Waals surface area (Å²) in [7, 11) is 0. The third-order valence-electron chi connectivity index (χ3n) is 13.2. The minimum Gasteiger partial charge on any atom is -0.457 e. The molecule has 9 heteroatoms. The monoisotopic (exact) mass is 973 g/mol. The Morgan fingerprint density at radius 2 is 0.884 bits per heavy atom. The standard InChI is InChI=1S/C60H108O9/c1-3-5-7-9-11-13-15-17-19-21-23-25-27-29-31-33-35-37-39-41-43-45-47-49-56(62)68-54(53-67-60-59(65)58(64)57(63)55(51-61)69-60)52-66-50-48-46-44-42-40-38-36-34-32-30-28-26-24-22-20-18-16-14-12-10-8-6-4-2/h5,7,11,13,17,19,23,25,29,31,54-55,57-61,63-65H,3-4,6,8-10,12,14-16,18,20-22,24,26-28,30,32-53H2,1-2H3/b7-5-,13-11-,19-17-,25-23-,31-29-. The molecule has 1 fully saturated rings.